The molecule has 5 rings (SSSR count). The van der Waals surface area contributed by atoms with Crippen LogP contribution in [0.1, 0.15) is 24.1 Å². The van der Waals surface area contributed by atoms with Crippen LogP contribution in [0.5, 0.6) is 0 Å². The fraction of sp³-hybridized carbons (Fsp3) is 0.286. The third-order valence-corrected chi connectivity index (χ3v) is 6.44. The largest absolute Gasteiger partial charge is 0.341 e. The molecule has 2 aromatic carbocycles. The van der Waals surface area contributed by atoms with E-state index in [1.54, 1.807) is 12.4 Å². The summed E-state index contributed by atoms with van der Waals surface area (Å²) >= 11 is 0. The van der Waals surface area contributed by atoms with Gasteiger partial charge in [0.15, 0.2) is 0 Å². The normalized spacial score (nSPS) is 13.7. The predicted molar refractivity (Wildman–Crippen MR) is 138 cm³/mol. The van der Waals surface area contributed by atoms with Gasteiger partial charge >= 0.3 is 0 Å². The number of nitrogens with zero attached hydrogens (tertiary/aromatic N) is 5. The van der Waals surface area contributed by atoms with Crippen molar-refractivity contribution >= 4 is 11.9 Å². The zero-order valence-electron chi connectivity index (χ0n) is 20.0. The van der Waals surface area contributed by atoms with Gasteiger partial charge in [-0.15, -0.1) is 0 Å². The van der Waals surface area contributed by atoms with E-state index in [2.05, 4.69) is 63.2 Å². The molecule has 0 radical (unpaired) electrons. The number of carbonyl (C=O) groups excluding carboxylic acids is 1. The molecule has 3 heterocycles. The van der Waals surface area contributed by atoms with Crippen molar-refractivity contribution in [1.29, 1.82) is 0 Å². The summed E-state index contributed by atoms with van der Waals surface area (Å²) in [4.78, 5) is 34.1. The molecule has 2 aromatic heterocycles. The van der Waals surface area contributed by atoms with Crippen LogP contribution in [0.2, 0.25) is 0 Å². The fourth-order valence-electron chi connectivity index (χ4n) is 4.46. The Hall–Kier alpha value is -4.00. The molecule has 4 aromatic rings. The van der Waals surface area contributed by atoms with Gasteiger partial charge in [-0.1, -0.05) is 60.2 Å². The summed E-state index contributed by atoms with van der Waals surface area (Å²) in [6, 6.07) is 20.4. The molecule has 1 fully saturated rings. The van der Waals surface area contributed by atoms with Crippen molar-refractivity contribution in [3.63, 3.8) is 0 Å². The lowest BCUT2D eigenvalue weighted by molar-refractivity contribution is -0.131. The highest BCUT2D eigenvalue weighted by Crippen LogP contribution is 2.27. The monoisotopic (exact) mass is 466 g/mol. The van der Waals surface area contributed by atoms with E-state index in [1.165, 1.54) is 5.56 Å². The molecule has 0 aliphatic carbocycles. The van der Waals surface area contributed by atoms with E-state index >= 15 is 0 Å². The molecular weight excluding hydrogens is 436 g/mol. The maximum atomic E-state index is 12.9. The van der Waals surface area contributed by atoms with Gasteiger partial charge in [-0.3, -0.25) is 4.79 Å². The zero-order chi connectivity index (χ0) is 24.0. The van der Waals surface area contributed by atoms with Crippen LogP contribution >= 0.6 is 0 Å². The summed E-state index contributed by atoms with van der Waals surface area (Å²) in [5.74, 6) is 1.80. The average Bonchev–Trinajstić information content (AvgIpc) is 3.34. The number of carbonyl (C=O) groups is 1. The molecule has 1 aliphatic heterocycles. The average molecular weight is 467 g/mol. The van der Waals surface area contributed by atoms with Crippen molar-refractivity contribution in [2.24, 2.45) is 0 Å². The van der Waals surface area contributed by atoms with Gasteiger partial charge < -0.3 is 14.8 Å². The smallest absolute Gasteiger partial charge is 0.225 e. The Morgan fingerprint density at radius 3 is 2.31 bits per heavy atom. The first-order valence-corrected chi connectivity index (χ1v) is 12.2. The van der Waals surface area contributed by atoms with Gasteiger partial charge in [-0.05, 0) is 25.8 Å². The second-order valence-corrected chi connectivity index (χ2v) is 8.91. The first-order valence-electron chi connectivity index (χ1n) is 12.2. The molecule has 7 nitrogen and oxygen atoms in total. The number of aryl methyl sites for hydroxylation is 2. The molecule has 35 heavy (non-hydrogen) atoms. The van der Waals surface area contributed by atoms with Gasteiger partial charge in [-0.25, -0.2) is 15.0 Å². The van der Waals surface area contributed by atoms with Crippen LogP contribution in [0, 0.1) is 6.92 Å². The number of benzene rings is 2. The minimum atomic E-state index is 0.207. The molecule has 1 saturated heterocycles. The van der Waals surface area contributed by atoms with Crippen LogP contribution in [0.25, 0.3) is 22.6 Å². The quantitative estimate of drug-likeness (QED) is 0.434. The Labute approximate surface area is 205 Å². The van der Waals surface area contributed by atoms with E-state index in [-0.39, 0.29) is 5.91 Å². The van der Waals surface area contributed by atoms with E-state index in [0.29, 0.717) is 19.5 Å². The molecule has 0 saturated carbocycles. The summed E-state index contributed by atoms with van der Waals surface area (Å²) in [6.45, 7) is 5.00. The molecular formula is C28H30N6O. The summed E-state index contributed by atoms with van der Waals surface area (Å²) in [5.41, 5.74) is 5.41. The zero-order valence-corrected chi connectivity index (χ0v) is 20.0. The number of aromatic amines is 1. The summed E-state index contributed by atoms with van der Waals surface area (Å²) in [7, 11) is 0. The third-order valence-electron chi connectivity index (χ3n) is 6.44. The van der Waals surface area contributed by atoms with Gasteiger partial charge in [0.2, 0.25) is 11.9 Å². The van der Waals surface area contributed by atoms with Crippen molar-refractivity contribution in [3.05, 3.63) is 84.3 Å². The second kappa shape index (κ2) is 10.5. The van der Waals surface area contributed by atoms with Crippen LogP contribution in [-0.4, -0.2) is 56.9 Å². The van der Waals surface area contributed by atoms with E-state index in [4.69, 9.17) is 4.98 Å². The number of imidazole rings is 1. The van der Waals surface area contributed by atoms with Crippen molar-refractivity contribution in [3.8, 4) is 22.6 Å². The van der Waals surface area contributed by atoms with E-state index < -0.39 is 0 Å². The minimum absolute atomic E-state index is 0.207. The minimum Gasteiger partial charge on any atom is -0.341 e. The number of rotatable bonds is 7. The number of H-pyrrole nitrogens is 1. The highest BCUT2D eigenvalue weighted by Gasteiger charge is 2.22. The van der Waals surface area contributed by atoms with Crippen LogP contribution in [0.4, 0.5) is 5.95 Å². The van der Waals surface area contributed by atoms with Crippen molar-refractivity contribution in [2.45, 2.75) is 26.2 Å². The van der Waals surface area contributed by atoms with Gasteiger partial charge in [0, 0.05) is 61.8 Å². The SMILES string of the molecule is Cc1ccc(-c2nc(-c3ccccc3)c(CCCC(=O)N3CCN(c4ncccn4)CC3)[nH]2)cc1. The first kappa shape index (κ1) is 22.8. The molecule has 0 atom stereocenters. The summed E-state index contributed by atoms with van der Waals surface area (Å²) in [5, 5.41) is 0. The Balaban J connectivity index is 1.22. The van der Waals surface area contributed by atoms with Gasteiger partial charge in [0.1, 0.15) is 5.82 Å². The van der Waals surface area contributed by atoms with E-state index in [9.17, 15) is 4.79 Å². The standard InChI is InChI=1S/C28H30N6O/c1-21-11-13-23(14-12-21)27-31-24(26(32-27)22-7-3-2-4-8-22)9-5-10-25(35)33-17-19-34(20-18-33)28-29-15-6-16-30-28/h2-4,6-8,11-16H,5,9-10,17-20H2,1H3,(H,31,32). The second-order valence-electron chi connectivity index (χ2n) is 8.91. The predicted octanol–water partition coefficient (Wildman–Crippen LogP) is 4.51. The molecule has 1 N–H and O–H groups in total. The van der Waals surface area contributed by atoms with E-state index in [1.807, 2.05) is 29.2 Å². The van der Waals surface area contributed by atoms with Crippen LogP contribution in [0.15, 0.2) is 73.1 Å². The Kier molecular flexibility index (Phi) is 6.84. The lowest BCUT2D eigenvalue weighted by Gasteiger charge is -2.34. The molecule has 7 heteroatoms. The van der Waals surface area contributed by atoms with Crippen molar-refractivity contribution in [1.82, 2.24) is 24.8 Å². The third kappa shape index (κ3) is 5.40. The first-order chi connectivity index (χ1) is 17.2. The lowest BCUT2D eigenvalue weighted by Crippen LogP contribution is -2.49. The Morgan fingerprint density at radius 2 is 1.60 bits per heavy atom. The van der Waals surface area contributed by atoms with Crippen LogP contribution in [0.3, 0.4) is 0 Å². The summed E-state index contributed by atoms with van der Waals surface area (Å²) < 4.78 is 0. The molecule has 1 aliphatic rings. The maximum absolute atomic E-state index is 12.9. The number of hydrogen-bond donors (Lipinski definition) is 1. The van der Waals surface area contributed by atoms with Gasteiger partial charge in [0.05, 0.1) is 5.69 Å². The van der Waals surface area contributed by atoms with Crippen molar-refractivity contribution < 1.29 is 4.79 Å². The Morgan fingerprint density at radius 1 is 0.886 bits per heavy atom. The van der Waals surface area contributed by atoms with Gasteiger partial charge in [0.25, 0.3) is 0 Å². The molecule has 1 amide bonds. The topological polar surface area (TPSA) is 78.0 Å². The maximum Gasteiger partial charge on any atom is 0.225 e. The number of anilines is 1. The highest BCUT2D eigenvalue weighted by molar-refractivity contribution is 5.76. The summed E-state index contributed by atoms with van der Waals surface area (Å²) in [6.07, 6.45) is 5.57. The molecule has 0 unspecified atom stereocenters. The Bertz CT molecular complexity index is 1250. The number of nitrogens with one attached hydrogen (secondary N) is 1. The fourth-order valence-corrected chi connectivity index (χ4v) is 4.46. The van der Waals surface area contributed by atoms with E-state index in [0.717, 1.165) is 60.2 Å². The number of aromatic nitrogens is 4. The van der Waals surface area contributed by atoms with Crippen LogP contribution < -0.4 is 4.90 Å². The van der Waals surface area contributed by atoms with Crippen molar-refractivity contribution in [2.75, 3.05) is 31.1 Å². The highest BCUT2D eigenvalue weighted by atomic mass is 16.2. The molecule has 0 bridgehead atoms. The number of hydrogen-bond acceptors (Lipinski definition) is 5. The van der Waals surface area contributed by atoms with Gasteiger partial charge in [-0.2, -0.15) is 0 Å². The van der Waals surface area contributed by atoms with Crippen LogP contribution in [-0.2, 0) is 11.2 Å². The molecule has 178 valence electrons. The number of piperazine rings is 1. The lowest BCUT2D eigenvalue weighted by atomic mass is 10.1. The number of amides is 1. The molecule has 0 spiro atoms.